The summed E-state index contributed by atoms with van der Waals surface area (Å²) in [5.74, 6) is 0. The lowest BCUT2D eigenvalue weighted by Crippen LogP contribution is -2.08. The summed E-state index contributed by atoms with van der Waals surface area (Å²) in [6.07, 6.45) is 7.21. The summed E-state index contributed by atoms with van der Waals surface area (Å²) in [7, 11) is 0. The monoisotopic (exact) mass is 153 g/mol. The van der Waals surface area contributed by atoms with Gasteiger partial charge in [0.05, 0.1) is 12.2 Å². The van der Waals surface area contributed by atoms with Gasteiger partial charge in [0.2, 0.25) is 0 Å². The molecule has 1 atom stereocenters. The van der Waals surface area contributed by atoms with Crippen molar-refractivity contribution in [3.63, 3.8) is 0 Å². The number of hydrogen-bond donors (Lipinski definition) is 0. The average molecular weight is 153 g/mol. The molecule has 62 valence electrons. The van der Waals surface area contributed by atoms with Gasteiger partial charge in [-0.25, -0.2) is 4.68 Å². The summed E-state index contributed by atoms with van der Waals surface area (Å²) in [4.78, 5) is 0. The molecule has 1 rings (SSSR count). The molecule has 0 N–H and O–H groups in total. The topological polar surface area (TPSA) is 30.7 Å². The van der Waals surface area contributed by atoms with E-state index in [0.717, 1.165) is 6.42 Å². The van der Waals surface area contributed by atoms with E-state index in [2.05, 4.69) is 24.2 Å². The molecule has 1 aromatic rings. The third kappa shape index (κ3) is 2.03. The molecule has 0 amide bonds. The van der Waals surface area contributed by atoms with Crippen molar-refractivity contribution in [1.29, 1.82) is 0 Å². The summed E-state index contributed by atoms with van der Waals surface area (Å²) in [6.45, 7) is 4.38. The highest BCUT2D eigenvalue weighted by molar-refractivity contribution is 4.71. The fraction of sp³-hybridized carbons (Fsp3) is 0.750. The molecule has 0 spiro atoms. The second-order valence-corrected chi connectivity index (χ2v) is 2.73. The minimum atomic E-state index is 0.544. The summed E-state index contributed by atoms with van der Waals surface area (Å²) in [5.41, 5.74) is 0. The van der Waals surface area contributed by atoms with Crippen molar-refractivity contribution >= 4 is 0 Å². The van der Waals surface area contributed by atoms with E-state index in [1.165, 1.54) is 12.8 Å². The molecule has 0 aliphatic heterocycles. The second kappa shape index (κ2) is 4.11. The fourth-order valence-corrected chi connectivity index (χ4v) is 1.27. The molecular formula is C8H15N3. The largest absolute Gasteiger partial charge is 0.250 e. The standard InChI is InChI=1S/C8H15N3/c1-3-5-8(4-2)11-7-6-9-10-11/h6-8H,3-5H2,1-2H3. The van der Waals surface area contributed by atoms with Crippen LogP contribution in [0.4, 0.5) is 0 Å². The fourth-order valence-electron chi connectivity index (χ4n) is 1.27. The maximum atomic E-state index is 3.97. The second-order valence-electron chi connectivity index (χ2n) is 2.73. The Kier molecular flexibility index (Phi) is 3.08. The van der Waals surface area contributed by atoms with Crippen LogP contribution in [0.1, 0.15) is 39.2 Å². The Hall–Kier alpha value is -0.860. The minimum absolute atomic E-state index is 0.544. The van der Waals surface area contributed by atoms with E-state index in [-0.39, 0.29) is 0 Å². The van der Waals surface area contributed by atoms with E-state index in [4.69, 9.17) is 0 Å². The molecule has 0 bridgehead atoms. The van der Waals surface area contributed by atoms with Gasteiger partial charge >= 0.3 is 0 Å². The van der Waals surface area contributed by atoms with E-state index in [1.54, 1.807) is 6.20 Å². The van der Waals surface area contributed by atoms with Gasteiger partial charge in [0.25, 0.3) is 0 Å². The van der Waals surface area contributed by atoms with Crippen LogP contribution in [0.15, 0.2) is 12.4 Å². The zero-order chi connectivity index (χ0) is 8.10. The molecule has 0 aliphatic carbocycles. The van der Waals surface area contributed by atoms with Crippen molar-refractivity contribution in [2.75, 3.05) is 0 Å². The van der Waals surface area contributed by atoms with Crippen LogP contribution in [0.5, 0.6) is 0 Å². The van der Waals surface area contributed by atoms with Crippen LogP contribution in [0, 0.1) is 0 Å². The Morgan fingerprint density at radius 2 is 2.27 bits per heavy atom. The van der Waals surface area contributed by atoms with Gasteiger partial charge in [-0.2, -0.15) is 0 Å². The highest BCUT2D eigenvalue weighted by atomic mass is 15.4. The van der Waals surface area contributed by atoms with Crippen molar-refractivity contribution in [3.05, 3.63) is 12.4 Å². The first-order chi connectivity index (χ1) is 5.38. The van der Waals surface area contributed by atoms with E-state index < -0.39 is 0 Å². The first-order valence-corrected chi connectivity index (χ1v) is 4.24. The Labute approximate surface area is 67.4 Å². The molecule has 0 radical (unpaired) electrons. The average Bonchev–Trinajstić information content (AvgIpc) is 2.52. The number of nitrogens with zero attached hydrogens (tertiary/aromatic N) is 3. The third-order valence-corrected chi connectivity index (χ3v) is 1.91. The Morgan fingerprint density at radius 1 is 1.45 bits per heavy atom. The summed E-state index contributed by atoms with van der Waals surface area (Å²) < 4.78 is 1.95. The zero-order valence-electron chi connectivity index (χ0n) is 7.20. The van der Waals surface area contributed by atoms with Gasteiger partial charge < -0.3 is 0 Å². The van der Waals surface area contributed by atoms with Crippen molar-refractivity contribution in [2.24, 2.45) is 0 Å². The SMILES string of the molecule is CCCC(CC)n1ccnn1. The van der Waals surface area contributed by atoms with Crippen molar-refractivity contribution in [1.82, 2.24) is 15.0 Å². The summed E-state index contributed by atoms with van der Waals surface area (Å²) in [5, 5.41) is 7.76. The van der Waals surface area contributed by atoms with E-state index in [0.29, 0.717) is 6.04 Å². The van der Waals surface area contributed by atoms with Gasteiger partial charge in [-0.15, -0.1) is 5.10 Å². The van der Waals surface area contributed by atoms with Gasteiger partial charge in [0.15, 0.2) is 0 Å². The Morgan fingerprint density at radius 3 is 2.73 bits per heavy atom. The molecule has 3 nitrogen and oxygen atoms in total. The molecule has 3 heteroatoms. The lowest BCUT2D eigenvalue weighted by molar-refractivity contribution is 0.400. The molecular weight excluding hydrogens is 138 g/mol. The van der Waals surface area contributed by atoms with Gasteiger partial charge in [-0.3, -0.25) is 0 Å². The van der Waals surface area contributed by atoms with Gasteiger partial charge in [0, 0.05) is 6.20 Å². The van der Waals surface area contributed by atoms with Crippen LogP contribution in [-0.4, -0.2) is 15.0 Å². The van der Waals surface area contributed by atoms with Crippen LogP contribution in [-0.2, 0) is 0 Å². The van der Waals surface area contributed by atoms with Gasteiger partial charge in [-0.1, -0.05) is 25.5 Å². The molecule has 0 aromatic carbocycles. The van der Waals surface area contributed by atoms with Crippen LogP contribution < -0.4 is 0 Å². The first kappa shape index (κ1) is 8.24. The number of hydrogen-bond acceptors (Lipinski definition) is 2. The highest BCUT2D eigenvalue weighted by Gasteiger charge is 2.06. The van der Waals surface area contributed by atoms with Crippen LogP contribution in [0.3, 0.4) is 0 Å². The number of rotatable bonds is 4. The van der Waals surface area contributed by atoms with Gasteiger partial charge in [0.1, 0.15) is 0 Å². The molecule has 0 saturated heterocycles. The molecule has 0 aliphatic rings. The maximum absolute atomic E-state index is 3.97. The van der Waals surface area contributed by atoms with Crippen LogP contribution in [0.25, 0.3) is 0 Å². The van der Waals surface area contributed by atoms with Crippen molar-refractivity contribution in [3.8, 4) is 0 Å². The zero-order valence-corrected chi connectivity index (χ0v) is 7.20. The Bertz CT molecular complexity index is 181. The van der Waals surface area contributed by atoms with Crippen LogP contribution in [0.2, 0.25) is 0 Å². The first-order valence-electron chi connectivity index (χ1n) is 4.24. The number of aromatic nitrogens is 3. The summed E-state index contributed by atoms with van der Waals surface area (Å²) in [6, 6.07) is 0.544. The normalized spacial score (nSPS) is 13.3. The molecule has 11 heavy (non-hydrogen) atoms. The summed E-state index contributed by atoms with van der Waals surface area (Å²) >= 11 is 0. The lowest BCUT2D eigenvalue weighted by Gasteiger charge is -2.12. The predicted octanol–water partition coefficient (Wildman–Crippen LogP) is 2.03. The van der Waals surface area contributed by atoms with Crippen LogP contribution >= 0.6 is 0 Å². The molecule has 1 aromatic heterocycles. The molecule has 1 unspecified atom stereocenters. The van der Waals surface area contributed by atoms with E-state index in [9.17, 15) is 0 Å². The van der Waals surface area contributed by atoms with E-state index in [1.807, 2.05) is 10.9 Å². The predicted molar refractivity (Wildman–Crippen MR) is 44.3 cm³/mol. The minimum Gasteiger partial charge on any atom is -0.250 e. The molecule has 1 heterocycles. The third-order valence-electron chi connectivity index (χ3n) is 1.91. The smallest absolute Gasteiger partial charge is 0.0693 e. The van der Waals surface area contributed by atoms with Crippen molar-refractivity contribution < 1.29 is 0 Å². The molecule has 0 fully saturated rings. The van der Waals surface area contributed by atoms with Gasteiger partial charge in [-0.05, 0) is 12.8 Å². The molecule has 0 saturated carbocycles. The maximum Gasteiger partial charge on any atom is 0.0693 e. The quantitative estimate of drug-likeness (QED) is 0.662. The van der Waals surface area contributed by atoms with Crippen molar-refractivity contribution in [2.45, 2.75) is 39.2 Å². The highest BCUT2D eigenvalue weighted by Crippen LogP contribution is 2.14. The Balaban J connectivity index is 2.56. The van der Waals surface area contributed by atoms with E-state index >= 15 is 0 Å². The lowest BCUT2D eigenvalue weighted by atomic mass is 10.1.